The molecule has 0 spiro atoms. The van der Waals surface area contributed by atoms with Crippen LogP contribution in [0.5, 0.6) is 0 Å². The van der Waals surface area contributed by atoms with Gasteiger partial charge in [0.25, 0.3) is 0 Å². The summed E-state index contributed by atoms with van der Waals surface area (Å²) in [6, 6.07) is 0. The Labute approximate surface area is 104 Å². The molecule has 1 rings (SSSR count). The highest BCUT2D eigenvalue weighted by Gasteiger charge is 1.99. The smallest absolute Gasteiger partial charge is 0.0964 e. The molecular formula is C12H24N4O. The van der Waals surface area contributed by atoms with E-state index in [0.29, 0.717) is 0 Å². The number of nitrogens with one attached hydrogen (secondary N) is 1. The molecule has 5 nitrogen and oxygen atoms in total. The molecule has 0 atom stereocenters. The van der Waals surface area contributed by atoms with E-state index in [4.69, 9.17) is 4.74 Å². The molecule has 0 saturated heterocycles. The fourth-order valence-corrected chi connectivity index (χ4v) is 1.62. The van der Waals surface area contributed by atoms with E-state index < -0.39 is 0 Å². The van der Waals surface area contributed by atoms with E-state index >= 15 is 0 Å². The van der Waals surface area contributed by atoms with Crippen LogP contribution in [0.2, 0.25) is 0 Å². The first-order chi connectivity index (χ1) is 8.36. The second-order valence-electron chi connectivity index (χ2n) is 4.20. The summed E-state index contributed by atoms with van der Waals surface area (Å²) in [7, 11) is 1.70. The van der Waals surface area contributed by atoms with Crippen molar-refractivity contribution in [1.82, 2.24) is 20.3 Å². The van der Waals surface area contributed by atoms with Gasteiger partial charge in [-0.05, 0) is 6.42 Å². The number of hydrogen-bond acceptors (Lipinski definition) is 4. The minimum absolute atomic E-state index is 0.727. The number of aromatic nitrogens is 3. The molecular weight excluding hydrogens is 216 g/mol. The van der Waals surface area contributed by atoms with Gasteiger partial charge in [0.1, 0.15) is 0 Å². The van der Waals surface area contributed by atoms with E-state index in [1.807, 2.05) is 10.9 Å². The molecule has 1 aromatic rings. The molecule has 0 bridgehead atoms. The lowest BCUT2D eigenvalue weighted by Gasteiger charge is -2.00. The van der Waals surface area contributed by atoms with Crippen LogP contribution in [0.3, 0.4) is 0 Å². The number of nitrogens with zero attached hydrogens (tertiary/aromatic N) is 3. The predicted molar refractivity (Wildman–Crippen MR) is 67.7 cm³/mol. The number of hydrogen-bond donors (Lipinski definition) is 1. The molecule has 5 heteroatoms. The third kappa shape index (κ3) is 6.38. The zero-order valence-corrected chi connectivity index (χ0v) is 11.0. The Morgan fingerprint density at radius 2 is 2.24 bits per heavy atom. The molecule has 17 heavy (non-hydrogen) atoms. The first-order valence-corrected chi connectivity index (χ1v) is 6.45. The Kier molecular flexibility index (Phi) is 7.58. The molecule has 0 radical (unpaired) electrons. The molecule has 0 fully saturated rings. The second-order valence-corrected chi connectivity index (χ2v) is 4.20. The minimum Gasteiger partial charge on any atom is -0.383 e. The maximum atomic E-state index is 4.96. The van der Waals surface area contributed by atoms with Gasteiger partial charge in [0.05, 0.1) is 12.3 Å². The molecule has 0 aromatic carbocycles. The maximum Gasteiger partial charge on any atom is 0.0964 e. The third-order valence-electron chi connectivity index (χ3n) is 2.62. The summed E-state index contributed by atoms with van der Waals surface area (Å²) >= 11 is 0. The average Bonchev–Trinajstić information content (AvgIpc) is 2.78. The number of ether oxygens (including phenoxy) is 1. The summed E-state index contributed by atoms with van der Waals surface area (Å²) in [6.07, 6.45) is 7.06. The van der Waals surface area contributed by atoms with Gasteiger partial charge in [-0.1, -0.05) is 31.4 Å². The summed E-state index contributed by atoms with van der Waals surface area (Å²) < 4.78 is 6.89. The van der Waals surface area contributed by atoms with Crippen LogP contribution in [0.15, 0.2) is 6.20 Å². The topological polar surface area (TPSA) is 52.0 Å². The molecule has 0 aliphatic rings. The van der Waals surface area contributed by atoms with Crippen molar-refractivity contribution in [2.45, 2.75) is 45.7 Å². The number of methoxy groups -OCH3 is 1. The van der Waals surface area contributed by atoms with Gasteiger partial charge in [0.2, 0.25) is 0 Å². The molecule has 1 aromatic heterocycles. The first kappa shape index (κ1) is 14.1. The Morgan fingerprint density at radius 1 is 1.35 bits per heavy atom. The van der Waals surface area contributed by atoms with Crippen molar-refractivity contribution in [3.63, 3.8) is 0 Å². The highest BCUT2D eigenvalue weighted by molar-refractivity contribution is 4.91. The Balaban J connectivity index is 2.14. The second kappa shape index (κ2) is 9.13. The monoisotopic (exact) mass is 240 g/mol. The van der Waals surface area contributed by atoms with Crippen molar-refractivity contribution < 1.29 is 4.74 Å². The number of aryl methyl sites for hydroxylation is 1. The zero-order chi connectivity index (χ0) is 12.3. The lowest BCUT2D eigenvalue weighted by atomic mass is 10.2. The van der Waals surface area contributed by atoms with Crippen molar-refractivity contribution in [3.05, 3.63) is 11.9 Å². The predicted octanol–water partition coefficient (Wildman–Crippen LogP) is 1.59. The molecule has 0 aliphatic carbocycles. The molecule has 0 saturated carbocycles. The third-order valence-corrected chi connectivity index (χ3v) is 2.62. The van der Waals surface area contributed by atoms with Crippen LogP contribution in [0.4, 0.5) is 0 Å². The summed E-state index contributed by atoms with van der Waals surface area (Å²) in [4.78, 5) is 0. The number of rotatable bonds is 10. The summed E-state index contributed by atoms with van der Waals surface area (Å²) in [5, 5.41) is 11.5. The molecule has 1 heterocycles. The molecule has 98 valence electrons. The average molecular weight is 240 g/mol. The van der Waals surface area contributed by atoms with Gasteiger partial charge in [-0.2, -0.15) is 0 Å². The van der Waals surface area contributed by atoms with E-state index in [9.17, 15) is 0 Å². The van der Waals surface area contributed by atoms with Crippen LogP contribution in [0, 0.1) is 0 Å². The minimum atomic E-state index is 0.727. The summed E-state index contributed by atoms with van der Waals surface area (Å²) in [5.41, 5.74) is 0.997. The molecule has 1 N–H and O–H groups in total. The van der Waals surface area contributed by atoms with E-state index in [2.05, 4.69) is 22.6 Å². The molecule has 0 amide bonds. The van der Waals surface area contributed by atoms with Crippen molar-refractivity contribution in [3.8, 4) is 0 Å². The lowest BCUT2D eigenvalue weighted by molar-refractivity contribution is 0.199. The van der Waals surface area contributed by atoms with Gasteiger partial charge in [-0.3, -0.25) is 4.68 Å². The van der Waals surface area contributed by atoms with Crippen LogP contribution in [-0.4, -0.2) is 35.3 Å². The maximum absolute atomic E-state index is 4.96. The Hall–Kier alpha value is -0.940. The largest absolute Gasteiger partial charge is 0.383 e. The number of unbranched alkanes of at least 4 members (excludes halogenated alkanes) is 3. The van der Waals surface area contributed by atoms with E-state index in [1.54, 1.807) is 7.11 Å². The van der Waals surface area contributed by atoms with Crippen LogP contribution in [-0.2, 0) is 17.8 Å². The lowest BCUT2D eigenvalue weighted by Crippen LogP contribution is -2.18. The van der Waals surface area contributed by atoms with Crippen LogP contribution < -0.4 is 5.32 Å². The van der Waals surface area contributed by atoms with Gasteiger partial charge in [-0.25, -0.2) is 0 Å². The van der Waals surface area contributed by atoms with Gasteiger partial charge >= 0.3 is 0 Å². The van der Waals surface area contributed by atoms with Crippen molar-refractivity contribution in [2.24, 2.45) is 0 Å². The fraction of sp³-hybridized carbons (Fsp3) is 0.833. The Bertz CT molecular complexity index is 261. The van der Waals surface area contributed by atoms with E-state index in [-0.39, 0.29) is 0 Å². The quantitative estimate of drug-likeness (QED) is 0.631. The van der Waals surface area contributed by atoms with Crippen LogP contribution >= 0.6 is 0 Å². The van der Waals surface area contributed by atoms with Crippen molar-refractivity contribution in [2.75, 3.05) is 20.3 Å². The highest BCUT2D eigenvalue weighted by Crippen LogP contribution is 2.01. The normalized spacial score (nSPS) is 10.9. The Morgan fingerprint density at radius 3 is 3.00 bits per heavy atom. The van der Waals surface area contributed by atoms with Crippen molar-refractivity contribution in [1.29, 1.82) is 0 Å². The van der Waals surface area contributed by atoms with E-state index in [0.717, 1.165) is 31.9 Å². The zero-order valence-electron chi connectivity index (χ0n) is 11.0. The summed E-state index contributed by atoms with van der Waals surface area (Å²) in [5.74, 6) is 0. The van der Waals surface area contributed by atoms with Crippen molar-refractivity contribution >= 4 is 0 Å². The van der Waals surface area contributed by atoms with Gasteiger partial charge < -0.3 is 10.1 Å². The first-order valence-electron chi connectivity index (χ1n) is 6.45. The van der Waals surface area contributed by atoms with Crippen LogP contribution in [0.1, 0.15) is 38.3 Å². The highest BCUT2D eigenvalue weighted by atomic mass is 16.5. The standard InChI is InChI=1S/C12H24N4O/c1-3-4-5-6-8-16-11-12(14-15-16)10-13-7-9-17-2/h11,13H,3-10H2,1-2H3. The molecule has 0 unspecified atom stereocenters. The van der Waals surface area contributed by atoms with Gasteiger partial charge in [0.15, 0.2) is 0 Å². The SMILES string of the molecule is CCCCCCn1cc(CNCCOC)nn1. The van der Waals surface area contributed by atoms with Gasteiger partial charge in [0, 0.05) is 32.9 Å². The summed E-state index contributed by atoms with van der Waals surface area (Å²) in [6.45, 7) is 5.54. The van der Waals surface area contributed by atoms with Crippen LogP contribution in [0.25, 0.3) is 0 Å². The van der Waals surface area contributed by atoms with E-state index in [1.165, 1.54) is 25.7 Å². The van der Waals surface area contributed by atoms with Gasteiger partial charge in [-0.15, -0.1) is 5.10 Å². The molecule has 0 aliphatic heterocycles. The fourth-order valence-electron chi connectivity index (χ4n) is 1.62.